The van der Waals surface area contributed by atoms with Gasteiger partial charge in [-0.25, -0.2) is 0 Å². The van der Waals surface area contributed by atoms with Crippen molar-refractivity contribution in [3.63, 3.8) is 0 Å². The molecule has 2 aromatic rings. The summed E-state index contributed by atoms with van der Waals surface area (Å²) >= 11 is 8.00. The van der Waals surface area contributed by atoms with E-state index in [0.29, 0.717) is 27.7 Å². The first kappa shape index (κ1) is 14.9. The maximum Gasteiger partial charge on any atom is 0.256 e. The molecule has 4 nitrogen and oxygen atoms in total. The Morgan fingerprint density at radius 3 is 2.70 bits per heavy atom. The van der Waals surface area contributed by atoms with Gasteiger partial charge in [-0.05, 0) is 59.0 Å². The molecule has 104 valence electrons. The maximum atomic E-state index is 12.2. The van der Waals surface area contributed by atoms with E-state index in [1.165, 1.54) is 7.11 Å². The highest BCUT2D eigenvalue weighted by molar-refractivity contribution is 14.1. The molecule has 0 bridgehead atoms. The number of hydrogen-bond acceptors (Lipinski definition) is 3. The summed E-state index contributed by atoms with van der Waals surface area (Å²) in [5, 5.41) is 3.30. The van der Waals surface area contributed by atoms with E-state index in [4.69, 9.17) is 22.1 Å². The third kappa shape index (κ3) is 3.34. The standard InChI is InChI=1S/C14H12ClIN2O2/c1-20-13-5-3-9(7-12(13)17)18-14(19)10-6-8(15)2-4-11(10)16/h2-7H,17H2,1H3,(H,18,19). The van der Waals surface area contributed by atoms with Crippen LogP contribution in [0.5, 0.6) is 5.75 Å². The van der Waals surface area contributed by atoms with Crippen molar-refractivity contribution in [1.29, 1.82) is 0 Å². The fourth-order valence-electron chi connectivity index (χ4n) is 1.68. The van der Waals surface area contributed by atoms with Gasteiger partial charge < -0.3 is 15.8 Å². The van der Waals surface area contributed by atoms with Crippen molar-refractivity contribution in [2.24, 2.45) is 0 Å². The number of rotatable bonds is 3. The average Bonchev–Trinajstić information content (AvgIpc) is 2.41. The summed E-state index contributed by atoms with van der Waals surface area (Å²) in [4.78, 5) is 12.2. The van der Waals surface area contributed by atoms with Crippen LogP contribution in [0.4, 0.5) is 11.4 Å². The summed E-state index contributed by atoms with van der Waals surface area (Å²) in [6, 6.07) is 10.2. The molecular formula is C14H12ClIN2O2. The van der Waals surface area contributed by atoms with Gasteiger partial charge in [0.05, 0.1) is 18.4 Å². The van der Waals surface area contributed by atoms with Gasteiger partial charge in [0.25, 0.3) is 5.91 Å². The summed E-state index contributed by atoms with van der Waals surface area (Å²) in [5.41, 5.74) is 7.39. The monoisotopic (exact) mass is 402 g/mol. The zero-order valence-corrected chi connectivity index (χ0v) is 13.5. The van der Waals surface area contributed by atoms with Gasteiger partial charge in [0, 0.05) is 14.3 Å². The normalized spacial score (nSPS) is 10.2. The van der Waals surface area contributed by atoms with Crippen molar-refractivity contribution >= 4 is 51.5 Å². The minimum Gasteiger partial charge on any atom is -0.495 e. The molecule has 0 aliphatic rings. The molecule has 0 heterocycles. The molecule has 0 unspecified atom stereocenters. The number of methoxy groups -OCH3 is 1. The number of ether oxygens (including phenoxy) is 1. The van der Waals surface area contributed by atoms with E-state index in [1.54, 1.807) is 36.4 Å². The highest BCUT2D eigenvalue weighted by atomic mass is 127. The molecule has 0 saturated heterocycles. The van der Waals surface area contributed by atoms with Crippen molar-refractivity contribution in [2.75, 3.05) is 18.2 Å². The second kappa shape index (κ2) is 6.32. The van der Waals surface area contributed by atoms with Gasteiger partial charge in [-0.1, -0.05) is 11.6 Å². The van der Waals surface area contributed by atoms with E-state index in [0.717, 1.165) is 3.57 Å². The molecule has 0 radical (unpaired) electrons. The Balaban J connectivity index is 2.23. The number of amides is 1. The number of nitrogen functional groups attached to an aromatic ring is 1. The topological polar surface area (TPSA) is 64.3 Å². The summed E-state index contributed by atoms with van der Waals surface area (Å²) in [7, 11) is 1.54. The lowest BCUT2D eigenvalue weighted by Crippen LogP contribution is -2.13. The van der Waals surface area contributed by atoms with Gasteiger partial charge in [0.2, 0.25) is 0 Å². The quantitative estimate of drug-likeness (QED) is 0.606. The van der Waals surface area contributed by atoms with Crippen LogP contribution >= 0.6 is 34.2 Å². The molecule has 0 aliphatic carbocycles. The van der Waals surface area contributed by atoms with E-state index in [2.05, 4.69) is 27.9 Å². The summed E-state index contributed by atoms with van der Waals surface area (Å²) < 4.78 is 5.89. The zero-order chi connectivity index (χ0) is 14.7. The SMILES string of the molecule is COc1ccc(NC(=O)c2cc(Cl)ccc2I)cc1N. The Bertz CT molecular complexity index is 662. The second-order valence-corrected chi connectivity index (χ2v) is 5.63. The minimum absolute atomic E-state index is 0.235. The Kier molecular flexibility index (Phi) is 4.72. The van der Waals surface area contributed by atoms with Gasteiger partial charge in [0.1, 0.15) is 5.75 Å². The number of nitrogens with two attached hydrogens (primary N) is 1. The molecule has 0 aliphatic heterocycles. The molecule has 0 atom stereocenters. The zero-order valence-electron chi connectivity index (χ0n) is 10.6. The third-order valence-corrected chi connectivity index (χ3v) is 3.84. The molecule has 1 amide bonds. The van der Waals surface area contributed by atoms with Gasteiger partial charge in [0.15, 0.2) is 0 Å². The Morgan fingerprint density at radius 1 is 1.30 bits per heavy atom. The van der Waals surface area contributed by atoms with Crippen LogP contribution in [0.3, 0.4) is 0 Å². The van der Waals surface area contributed by atoms with Gasteiger partial charge in [-0.15, -0.1) is 0 Å². The summed E-state index contributed by atoms with van der Waals surface area (Å²) in [5.74, 6) is 0.335. The fourth-order valence-corrected chi connectivity index (χ4v) is 2.43. The number of carbonyl (C=O) groups excluding carboxylic acids is 1. The molecule has 3 N–H and O–H groups in total. The van der Waals surface area contributed by atoms with Crippen LogP contribution in [0.1, 0.15) is 10.4 Å². The molecule has 20 heavy (non-hydrogen) atoms. The van der Waals surface area contributed by atoms with Crippen molar-refractivity contribution in [3.8, 4) is 5.75 Å². The van der Waals surface area contributed by atoms with Crippen LogP contribution in [-0.2, 0) is 0 Å². The van der Waals surface area contributed by atoms with Crippen LogP contribution in [-0.4, -0.2) is 13.0 Å². The van der Waals surface area contributed by atoms with Crippen LogP contribution < -0.4 is 15.8 Å². The molecule has 2 rings (SSSR count). The Hall–Kier alpha value is -1.47. The predicted octanol–water partition coefficient (Wildman–Crippen LogP) is 3.79. The number of anilines is 2. The van der Waals surface area contributed by atoms with E-state index in [-0.39, 0.29) is 5.91 Å². The van der Waals surface area contributed by atoms with Crippen LogP contribution in [0.25, 0.3) is 0 Å². The lowest BCUT2D eigenvalue weighted by Gasteiger charge is -2.10. The smallest absolute Gasteiger partial charge is 0.256 e. The molecule has 2 aromatic carbocycles. The van der Waals surface area contributed by atoms with E-state index in [9.17, 15) is 4.79 Å². The molecule has 6 heteroatoms. The third-order valence-electron chi connectivity index (χ3n) is 2.66. The Morgan fingerprint density at radius 2 is 2.05 bits per heavy atom. The molecule has 0 aromatic heterocycles. The fraction of sp³-hybridized carbons (Fsp3) is 0.0714. The van der Waals surface area contributed by atoms with Gasteiger partial charge >= 0.3 is 0 Å². The van der Waals surface area contributed by atoms with Gasteiger partial charge in [-0.2, -0.15) is 0 Å². The van der Waals surface area contributed by atoms with Crippen LogP contribution in [0.2, 0.25) is 5.02 Å². The van der Waals surface area contributed by atoms with Crippen LogP contribution in [0.15, 0.2) is 36.4 Å². The second-order valence-electron chi connectivity index (χ2n) is 4.04. The Labute approximate surface area is 135 Å². The minimum atomic E-state index is -0.235. The molecule has 0 saturated carbocycles. The van der Waals surface area contributed by atoms with Crippen molar-refractivity contribution < 1.29 is 9.53 Å². The predicted molar refractivity (Wildman–Crippen MR) is 89.5 cm³/mol. The van der Waals surface area contributed by atoms with E-state index >= 15 is 0 Å². The maximum absolute atomic E-state index is 12.2. The van der Waals surface area contributed by atoms with Gasteiger partial charge in [-0.3, -0.25) is 4.79 Å². The van der Waals surface area contributed by atoms with E-state index in [1.807, 2.05) is 0 Å². The van der Waals surface area contributed by atoms with E-state index < -0.39 is 0 Å². The van der Waals surface area contributed by atoms with Crippen molar-refractivity contribution in [2.45, 2.75) is 0 Å². The number of carbonyl (C=O) groups is 1. The largest absolute Gasteiger partial charge is 0.495 e. The summed E-state index contributed by atoms with van der Waals surface area (Å²) in [6.45, 7) is 0. The molecule has 0 spiro atoms. The lowest BCUT2D eigenvalue weighted by atomic mass is 10.2. The molecule has 0 fully saturated rings. The van der Waals surface area contributed by atoms with Crippen molar-refractivity contribution in [1.82, 2.24) is 0 Å². The highest BCUT2D eigenvalue weighted by Crippen LogP contribution is 2.25. The van der Waals surface area contributed by atoms with Crippen LogP contribution in [0, 0.1) is 3.57 Å². The highest BCUT2D eigenvalue weighted by Gasteiger charge is 2.11. The molecular weight excluding hydrogens is 391 g/mol. The lowest BCUT2D eigenvalue weighted by molar-refractivity contribution is 0.102. The first-order valence-electron chi connectivity index (χ1n) is 5.71. The number of benzene rings is 2. The first-order valence-corrected chi connectivity index (χ1v) is 7.17. The first-order chi connectivity index (χ1) is 9.51. The average molecular weight is 403 g/mol. The number of nitrogens with one attached hydrogen (secondary N) is 1. The van der Waals surface area contributed by atoms with Crippen molar-refractivity contribution in [3.05, 3.63) is 50.6 Å². The number of halogens is 2. The number of hydrogen-bond donors (Lipinski definition) is 2. The summed E-state index contributed by atoms with van der Waals surface area (Å²) in [6.07, 6.45) is 0.